The van der Waals surface area contributed by atoms with Gasteiger partial charge in [0, 0.05) is 29.9 Å². The van der Waals surface area contributed by atoms with Gasteiger partial charge in [-0.05, 0) is 41.5 Å². The summed E-state index contributed by atoms with van der Waals surface area (Å²) in [5.74, 6) is -0.355. The van der Waals surface area contributed by atoms with E-state index in [2.05, 4.69) is 27.2 Å². The quantitative estimate of drug-likeness (QED) is 0.570. The predicted octanol–water partition coefficient (Wildman–Crippen LogP) is 4.03. The van der Waals surface area contributed by atoms with Crippen LogP contribution in [0.5, 0.6) is 0 Å². The van der Waals surface area contributed by atoms with Crippen molar-refractivity contribution in [2.24, 2.45) is 0 Å². The molecule has 3 aromatic rings. The molecule has 0 fully saturated rings. The molecular formula is C20H18N2O2. The number of ether oxygens (including phenoxy) is 1. The molecule has 120 valence electrons. The van der Waals surface area contributed by atoms with Gasteiger partial charge < -0.3 is 10.1 Å². The third-order valence-corrected chi connectivity index (χ3v) is 3.69. The van der Waals surface area contributed by atoms with Crippen LogP contribution < -0.4 is 5.32 Å². The van der Waals surface area contributed by atoms with E-state index in [4.69, 9.17) is 0 Å². The molecule has 24 heavy (non-hydrogen) atoms. The van der Waals surface area contributed by atoms with Crippen molar-refractivity contribution in [3.63, 3.8) is 0 Å². The number of rotatable bonds is 5. The summed E-state index contributed by atoms with van der Waals surface area (Å²) in [7, 11) is 1.37. The lowest BCUT2D eigenvalue weighted by atomic mass is 10.1. The summed E-state index contributed by atoms with van der Waals surface area (Å²) in [6.45, 7) is 0.729. The molecule has 0 atom stereocenters. The van der Waals surface area contributed by atoms with Crippen LogP contribution in [-0.4, -0.2) is 18.1 Å². The Bertz CT molecular complexity index is 870. The Morgan fingerprint density at radius 3 is 2.79 bits per heavy atom. The van der Waals surface area contributed by atoms with Crippen molar-refractivity contribution >= 4 is 28.6 Å². The number of carbonyl (C=O) groups excluding carboxylic acids is 1. The number of esters is 1. The van der Waals surface area contributed by atoms with Crippen molar-refractivity contribution in [2.75, 3.05) is 12.4 Å². The molecule has 1 aromatic heterocycles. The van der Waals surface area contributed by atoms with E-state index in [0.29, 0.717) is 0 Å². The van der Waals surface area contributed by atoms with Crippen LogP contribution in [0.4, 0.5) is 5.69 Å². The minimum absolute atomic E-state index is 0.355. The summed E-state index contributed by atoms with van der Waals surface area (Å²) < 4.78 is 4.57. The number of carbonyl (C=O) groups is 1. The summed E-state index contributed by atoms with van der Waals surface area (Å²) in [6, 6.07) is 18.1. The highest BCUT2D eigenvalue weighted by Gasteiger charge is 1.98. The molecule has 2 aromatic carbocycles. The van der Waals surface area contributed by atoms with Crippen molar-refractivity contribution < 1.29 is 9.53 Å². The number of aromatic nitrogens is 1. The van der Waals surface area contributed by atoms with Crippen LogP contribution >= 0.6 is 0 Å². The highest BCUT2D eigenvalue weighted by Crippen LogP contribution is 2.18. The molecule has 4 nitrogen and oxygen atoms in total. The van der Waals surface area contributed by atoms with Crippen LogP contribution in [-0.2, 0) is 16.1 Å². The van der Waals surface area contributed by atoms with Crippen molar-refractivity contribution in [2.45, 2.75) is 6.54 Å². The lowest BCUT2D eigenvalue weighted by Crippen LogP contribution is -1.99. The predicted molar refractivity (Wildman–Crippen MR) is 96.6 cm³/mol. The van der Waals surface area contributed by atoms with Gasteiger partial charge in [-0.15, -0.1) is 0 Å². The fourth-order valence-corrected chi connectivity index (χ4v) is 2.37. The van der Waals surface area contributed by atoms with Gasteiger partial charge in [0.1, 0.15) is 0 Å². The van der Waals surface area contributed by atoms with E-state index in [0.717, 1.165) is 34.3 Å². The second-order valence-electron chi connectivity index (χ2n) is 5.36. The molecule has 0 unspecified atom stereocenters. The van der Waals surface area contributed by atoms with E-state index in [1.165, 1.54) is 13.2 Å². The molecule has 4 heteroatoms. The number of hydrogen-bond donors (Lipinski definition) is 1. The average Bonchev–Trinajstić information content (AvgIpc) is 2.65. The largest absolute Gasteiger partial charge is 0.466 e. The van der Waals surface area contributed by atoms with E-state index in [-0.39, 0.29) is 5.97 Å². The molecule has 3 rings (SSSR count). The van der Waals surface area contributed by atoms with Crippen LogP contribution in [0.1, 0.15) is 11.1 Å². The second kappa shape index (κ2) is 7.42. The zero-order chi connectivity index (χ0) is 16.8. The highest BCUT2D eigenvalue weighted by molar-refractivity contribution is 5.86. The summed E-state index contributed by atoms with van der Waals surface area (Å²) >= 11 is 0. The van der Waals surface area contributed by atoms with Gasteiger partial charge in [0.05, 0.1) is 12.6 Å². The van der Waals surface area contributed by atoms with Gasteiger partial charge in [-0.2, -0.15) is 0 Å². The van der Waals surface area contributed by atoms with E-state index >= 15 is 0 Å². The van der Waals surface area contributed by atoms with Gasteiger partial charge >= 0.3 is 5.97 Å². The fraction of sp³-hybridized carbons (Fsp3) is 0.100. The Labute approximate surface area is 140 Å². The van der Waals surface area contributed by atoms with E-state index < -0.39 is 0 Å². The lowest BCUT2D eigenvalue weighted by molar-refractivity contribution is -0.134. The zero-order valence-electron chi connectivity index (χ0n) is 13.4. The van der Waals surface area contributed by atoms with Gasteiger partial charge in [0.15, 0.2) is 0 Å². The molecule has 0 radical (unpaired) electrons. The van der Waals surface area contributed by atoms with Crippen LogP contribution in [0, 0.1) is 0 Å². The molecule has 0 spiro atoms. The monoisotopic (exact) mass is 318 g/mol. The van der Waals surface area contributed by atoms with Crippen molar-refractivity contribution in [3.8, 4) is 0 Å². The molecule has 0 aliphatic carbocycles. The SMILES string of the molecule is COC(=O)/C=C/c1ccc(CNc2ccc3ncccc3c2)cc1. The number of hydrogen-bond acceptors (Lipinski definition) is 4. The highest BCUT2D eigenvalue weighted by atomic mass is 16.5. The molecule has 0 aliphatic rings. The summed E-state index contributed by atoms with van der Waals surface area (Å²) in [6.07, 6.45) is 4.95. The maximum atomic E-state index is 11.1. The molecule has 0 saturated heterocycles. The Morgan fingerprint density at radius 1 is 1.17 bits per heavy atom. The van der Waals surface area contributed by atoms with Crippen LogP contribution in [0.2, 0.25) is 0 Å². The first kappa shape index (κ1) is 15.7. The Morgan fingerprint density at radius 2 is 2.00 bits per heavy atom. The molecule has 0 aliphatic heterocycles. The molecule has 1 heterocycles. The van der Waals surface area contributed by atoms with Crippen molar-refractivity contribution in [1.82, 2.24) is 4.98 Å². The lowest BCUT2D eigenvalue weighted by Gasteiger charge is -2.08. The topological polar surface area (TPSA) is 51.2 Å². The standard InChI is InChI=1S/C20H18N2O2/c1-24-20(23)11-8-15-4-6-16(7-5-15)14-22-18-9-10-19-17(13-18)3-2-12-21-19/h2-13,22H,14H2,1H3/b11-8+. The maximum absolute atomic E-state index is 11.1. The number of nitrogens with one attached hydrogen (secondary N) is 1. The Kier molecular flexibility index (Phi) is 4.87. The van der Waals surface area contributed by atoms with Crippen LogP contribution in [0.15, 0.2) is 66.9 Å². The fourth-order valence-electron chi connectivity index (χ4n) is 2.37. The molecule has 0 saturated carbocycles. The average molecular weight is 318 g/mol. The molecule has 0 bridgehead atoms. The van der Waals surface area contributed by atoms with Crippen LogP contribution in [0.25, 0.3) is 17.0 Å². The first-order valence-corrected chi connectivity index (χ1v) is 7.68. The van der Waals surface area contributed by atoms with Gasteiger partial charge in [-0.1, -0.05) is 30.3 Å². The maximum Gasteiger partial charge on any atom is 0.330 e. The van der Waals surface area contributed by atoms with Crippen molar-refractivity contribution in [3.05, 3.63) is 78.0 Å². The first-order valence-electron chi connectivity index (χ1n) is 7.68. The zero-order valence-corrected chi connectivity index (χ0v) is 13.4. The minimum atomic E-state index is -0.355. The summed E-state index contributed by atoms with van der Waals surface area (Å²) in [5, 5.41) is 4.53. The number of pyridine rings is 1. The van der Waals surface area contributed by atoms with Crippen molar-refractivity contribution in [1.29, 1.82) is 0 Å². The number of methoxy groups -OCH3 is 1. The summed E-state index contributed by atoms with van der Waals surface area (Å²) in [5.41, 5.74) is 4.17. The normalized spacial score (nSPS) is 10.9. The van der Waals surface area contributed by atoms with Gasteiger partial charge in [0.2, 0.25) is 0 Å². The van der Waals surface area contributed by atoms with Gasteiger partial charge in [-0.3, -0.25) is 4.98 Å². The molecule has 0 amide bonds. The van der Waals surface area contributed by atoms with Crippen LogP contribution in [0.3, 0.4) is 0 Å². The smallest absolute Gasteiger partial charge is 0.330 e. The third kappa shape index (κ3) is 3.98. The number of anilines is 1. The molecule has 1 N–H and O–H groups in total. The van der Waals surface area contributed by atoms with E-state index in [9.17, 15) is 4.79 Å². The van der Waals surface area contributed by atoms with Gasteiger partial charge in [0.25, 0.3) is 0 Å². The number of fused-ring (bicyclic) bond motifs is 1. The summed E-state index contributed by atoms with van der Waals surface area (Å²) in [4.78, 5) is 15.4. The van der Waals surface area contributed by atoms with Gasteiger partial charge in [-0.25, -0.2) is 4.79 Å². The number of benzene rings is 2. The Balaban J connectivity index is 1.63. The minimum Gasteiger partial charge on any atom is -0.466 e. The second-order valence-corrected chi connectivity index (χ2v) is 5.36. The van der Waals surface area contributed by atoms with E-state index in [1.807, 2.05) is 42.5 Å². The number of nitrogens with zero attached hydrogens (tertiary/aromatic N) is 1. The first-order chi connectivity index (χ1) is 11.7. The third-order valence-electron chi connectivity index (χ3n) is 3.69. The van der Waals surface area contributed by atoms with E-state index in [1.54, 1.807) is 12.3 Å². The molecular weight excluding hydrogens is 300 g/mol. The Hall–Kier alpha value is -3.14.